The molecule has 0 bridgehead atoms. The van der Waals surface area contributed by atoms with Gasteiger partial charge >= 0.3 is 0 Å². The van der Waals surface area contributed by atoms with E-state index >= 15 is 0 Å². The fourth-order valence-electron chi connectivity index (χ4n) is 2.44. The summed E-state index contributed by atoms with van der Waals surface area (Å²) in [4.78, 5) is 27.9. The minimum absolute atomic E-state index is 0.146. The Bertz CT molecular complexity index is 898. The van der Waals surface area contributed by atoms with Gasteiger partial charge in [0.1, 0.15) is 0 Å². The molecule has 3 aromatic rings. The van der Waals surface area contributed by atoms with Gasteiger partial charge in [0.25, 0.3) is 5.91 Å². The van der Waals surface area contributed by atoms with Crippen LogP contribution in [0.4, 0.5) is 5.69 Å². The largest absolute Gasteiger partial charge is 0.397 e. The number of hydrogen-bond acceptors (Lipinski definition) is 4. The Morgan fingerprint density at radius 1 is 1.26 bits per heavy atom. The molecule has 3 N–H and O–H groups in total. The van der Waals surface area contributed by atoms with Crippen molar-refractivity contribution in [1.29, 1.82) is 0 Å². The van der Waals surface area contributed by atoms with Gasteiger partial charge in [-0.05, 0) is 18.2 Å². The summed E-state index contributed by atoms with van der Waals surface area (Å²) in [6.07, 6.45) is 3.18. The number of carbonyl (C=O) groups is 2. The summed E-state index contributed by atoms with van der Waals surface area (Å²) >= 11 is 0. The van der Waals surface area contributed by atoms with Crippen LogP contribution in [-0.4, -0.2) is 21.4 Å². The van der Waals surface area contributed by atoms with Crippen molar-refractivity contribution in [2.45, 2.75) is 13.5 Å². The van der Waals surface area contributed by atoms with Crippen LogP contribution < -0.4 is 11.1 Å². The van der Waals surface area contributed by atoms with Gasteiger partial charge < -0.3 is 11.1 Å². The van der Waals surface area contributed by atoms with Crippen molar-refractivity contribution in [1.82, 2.24) is 14.9 Å². The number of anilines is 1. The molecule has 0 aliphatic rings. The molecular formula is C17H16N4O2. The average molecular weight is 308 g/mol. The lowest BCUT2D eigenvalue weighted by molar-refractivity contribution is -0.119. The number of benzene rings is 1. The van der Waals surface area contributed by atoms with Gasteiger partial charge in [0, 0.05) is 30.3 Å². The Balaban J connectivity index is 1.96. The summed E-state index contributed by atoms with van der Waals surface area (Å²) in [6, 6.07) is 10.8. The number of amides is 1. The number of nitrogens with one attached hydrogen (secondary N) is 1. The Hall–Kier alpha value is -3.15. The van der Waals surface area contributed by atoms with E-state index in [1.807, 2.05) is 24.3 Å². The maximum atomic E-state index is 12.8. The van der Waals surface area contributed by atoms with Gasteiger partial charge in [-0.3, -0.25) is 19.1 Å². The monoisotopic (exact) mass is 308 g/mol. The van der Waals surface area contributed by atoms with Crippen LogP contribution in [0.5, 0.6) is 0 Å². The van der Waals surface area contributed by atoms with Crippen LogP contribution in [0, 0.1) is 0 Å². The van der Waals surface area contributed by atoms with Gasteiger partial charge in [-0.15, -0.1) is 0 Å². The molecule has 2 aromatic heterocycles. The standard InChI is InChI=1S/C17H16N4O2/c1-11(22)20-9-13-8-12(6-7-19-13)17(23)21-10-15(18)14-4-2-3-5-16(14)21/h2-8,10H,9,18H2,1H3,(H,20,22). The van der Waals surface area contributed by atoms with Gasteiger partial charge in [0.15, 0.2) is 0 Å². The maximum Gasteiger partial charge on any atom is 0.262 e. The van der Waals surface area contributed by atoms with E-state index in [-0.39, 0.29) is 18.4 Å². The minimum atomic E-state index is -0.190. The van der Waals surface area contributed by atoms with Crippen LogP contribution in [0.1, 0.15) is 23.0 Å². The molecule has 0 aliphatic heterocycles. The zero-order valence-electron chi connectivity index (χ0n) is 12.6. The van der Waals surface area contributed by atoms with Gasteiger partial charge in [-0.25, -0.2) is 0 Å². The summed E-state index contributed by atoms with van der Waals surface area (Å²) in [7, 11) is 0. The van der Waals surface area contributed by atoms with Gasteiger partial charge in [-0.2, -0.15) is 0 Å². The summed E-state index contributed by atoms with van der Waals surface area (Å²) in [5.74, 6) is -0.336. The second kappa shape index (κ2) is 5.92. The highest BCUT2D eigenvalue weighted by molar-refractivity contribution is 6.05. The zero-order chi connectivity index (χ0) is 16.4. The number of hydrogen-bond donors (Lipinski definition) is 2. The molecule has 0 spiro atoms. The normalized spacial score (nSPS) is 10.7. The van der Waals surface area contributed by atoms with Crippen molar-refractivity contribution in [3.05, 3.63) is 60.0 Å². The van der Waals surface area contributed by atoms with Crippen molar-refractivity contribution >= 4 is 28.4 Å². The van der Waals surface area contributed by atoms with Gasteiger partial charge in [-0.1, -0.05) is 18.2 Å². The number of rotatable bonds is 3. The van der Waals surface area contributed by atoms with Crippen molar-refractivity contribution < 1.29 is 9.59 Å². The molecule has 116 valence electrons. The number of nitrogen functional groups attached to an aromatic ring is 1. The molecule has 0 saturated heterocycles. The van der Waals surface area contributed by atoms with Crippen LogP contribution in [0.3, 0.4) is 0 Å². The first-order chi connectivity index (χ1) is 11.1. The number of para-hydroxylation sites is 1. The summed E-state index contributed by atoms with van der Waals surface area (Å²) in [5.41, 5.74) is 8.40. The lowest BCUT2D eigenvalue weighted by Gasteiger charge is -2.06. The molecule has 0 fully saturated rings. The summed E-state index contributed by atoms with van der Waals surface area (Å²) < 4.78 is 1.53. The quantitative estimate of drug-likeness (QED) is 0.773. The highest BCUT2D eigenvalue weighted by Gasteiger charge is 2.14. The molecular weight excluding hydrogens is 292 g/mol. The number of aromatic nitrogens is 2. The van der Waals surface area contributed by atoms with Crippen molar-refractivity contribution in [2.75, 3.05) is 5.73 Å². The summed E-state index contributed by atoms with van der Waals surface area (Å²) in [6.45, 7) is 1.72. The maximum absolute atomic E-state index is 12.8. The van der Waals surface area contributed by atoms with E-state index in [4.69, 9.17) is 5.73 Å². The zero-order valence-corrected chi connectivity index (χ0v) is 12.6. The lowest BCUT2D eigenvalue weighted by atomic mass is 10.2. The van der Waals surface area contributed by atoms with E-state index in [1.54, 1.807) is 24.5 Å². The lowest BCUT2D eigenvalue weighted by Crippen LogP contribution is -2.20. The molecule has 2 heterocycles. The number of nitrogens with two attached hydrogens (primary N) is 1. The molecule has 0 unspecified atom stereocenters. The first-order valence-corrected chi connectivity index (χ1v) is 7.16. The molecule has 3 rings (SSSR count). The highest BCUT2D eigenvalue weighted by Crippen LogP contribution is 2.24. The van der Waals surface area contributed by atoms with Crippen LogP contribution in [0.15, 0.2) is 48.8 Å². The second-order valence-corrected chi connectivity index (χ2v) is 5.22. The predicted molar refractivity (Wildman–Crippen MR) is 87.8 cm³/mol. The van der Waals surface area contributed by atoms with Crippen LogP contribution in [-0.2, 0) is 11.3 Å². The predicted octanol–water partition coefficient (Wildman–Crippen LogP) is 1.94. The fourth-order valence-corrected chi connectivity index (χ4v) is 2.44. The summed E-state index contributed by atoms with van der Waals surface area (Å²) in [5, 5.41) is 3.50. The van der Waals surface area contributed by atoms with E-state index in [1.165, 1.54) is 11.5 Å². The third kappa shape index (κ3) is 2.91. The Morgan fingerprint density at radius 3 is 2.83 bits per heavy atom. The first-order valence-electron chi connectivity index (χ1n) is 7.16. The van der Waals surface area contributed by atoms with E-state index < -0.39 is 0 Å². The topological polar surface area (TPSA) is 90.0 Å². The van der Waals surface area contributed by atoms with Crippen molar-refractivity contribution in [3.63, 3.8) is 0 Å². The minimum Gasteiger partial charge on any atom is -0.397 e. The molecule has 23 heavy (non-hydrogen) atoms. The fraction of sp³-hybridized carbons (Fsp3) is 0.118. The molecule has 0 saturated carbocycles. The molecule has 1 aromatic carbocycles. The molecule has 0 atom stereocenters. The van der Waals surface area contributed by atoms with E-state index in [9.17, 15) is 9.59 Å². The van der Waals surface area contributed by atoms with Crippen molar-refractivity contribution in [3.8, 4) is 0 Å². The van der Waals surface area contributed by atoms with Crippen molar-refractivity contribution in [2.24, 2.45) is 0 Å². The number of nitrogens with zero attached hydrogens (tertiary/aromatic N) is 2. The molecule has 1 amide bonds. The smallest absolute Gasteiger partial charge is 0.262 e. The highest BCUT2D eigenvalue weighted by atomic mass is 16.2. The third-order valence-electron chi connectivity index (χ3n) is 3.54. The second-order valence-electron chi connectivity index (χ2n) is 5.22. The van der Waals surface area contributed by atoms with Crippen LogP contribution in [0.25, 0.3) is 10.9 Å². The molecule has 0 radical (unpaired) electrons. The van der Waals surface area contributed by atoms with Crippen LogP contribution in [0.2, 0.25) is 0 Å². The van der Waals surface area contributed by atoms with E-state index in [0.717, 1.165) is 10.9 Å². The molecule has 0 aliphatic carbocycles. The van der Waals surface area contributed by atoms with Gasteiger partial charge in [0.05, 0.1) is 23.4 Å². The number of fused-ring (bicyclic) bond motifs is 1. The third-order valence-corrected chi connectivity index (χ3v) is 3.54. The van der Waals surface area contributed by atoms with Crippen LogP contribution >= 0.6 is 0 Å². The Labute approximate surface area is 132 Å². The molecule has 6 heteroatoms. The number of pyridine rings is 1. The molecule has 6 nitrogen and oxygen atoms in total. The number of carbonyl (C=O) groups excluding carboxylic acids is 2. The van der Waals surface area contributed by atoms with Gasteiger partial charge in [0.2, 0.25) is 5.91 Å². The Kier molecular flexibility index (Phi) is 3.80. The first kappa shape index (κ1) is 14.8. The average Bonchev–Trinajstić information content (AvgIpc) is 2.90. The SMILES string of the molecule is CC(=O)NCc1cc(C(=O)n2cc(N)c3ccccc32)ccn1. The van der Waals surface area contributed by atoms with E-state index in [2.05, 4.69) is 10.3 Å². The van der Waals surface area contributed by atoms with E-state index in [0.29, 0.717) is 16.9 Å². The Morgan fingerprint density at radius 2 is 2.04 bits per heavy atom.